The van der Waals surface area contributed by atoms with Gasteiger partial charge >= 0.3 is 0 Å². The predicted molar refractivity (Wildman–Crippen MR) is 124 cm³/mol. The van der Waals surface area contributed by atoms with Crippen LogP contribution < -0.4 is 20.1 Å². The average molecular weight is 502 g/mol. The van der Waals surface area contributed by atoms with Gasteiger partial charge in [0, 0.05) is 37.1 Å². The molecule has 0 amide bonds. The third kappa shape index (κ3) is 6.55. The van der Waals surface area contributed by atoms with E-state index in [2.05, 4.69) is 20.6 Å². The molecule has 0 fully saturated rings. The van der Waals surface area contributed by atoms with E-state index in [1.54, 1.807) is 14.2 Å². The number of aromatic nitrogens is 2. The molecular formula is C19H31IN6O2. The highest BCUT2D eigenvalue weighted by Crippen LogP contribution is 2.29. The molecule has 2 rings (SSSR count). The molecule has 0 aliphatic heterocycles. The van der Waals surface area contributed by atoms with Gasteiger partial charge < -0.3 is 25.0 Å². The van der Waals surface area contributed by atoms with E-state index in [0.717, 1.165) is 17.8 Å². The summed E-state index contributed by atoms with van der Waals surface area (Å²) in [5.74, 6) is 2.06. The van der Waals surface area contributed by atoms with E-state index in [1.165, 1.54) is 0 Å². The second kappa shape index (κ2) is 11.7. The quantitative estimate of drug-likeness (QED) is 0.329. The zero-order chi connectivity index (χ0) is 19.8. The summed E-state index contributed by atoms with van der Waals surface area (Å²) in [7, 11) is 9.25. The molecule has 28 heavy (non-hydrogen) atoms. The maximum absolute atomic E-state index is 5.37. The smallest absolute Gasteiger partial charge is 0.195 e. The van der Waals surface area contributed by atoms with Crippen molar-refractivity contribution >= 4 is 35.6 Å². The predicted octanol–water partition coefficient (Wildman–Crippen LogP) is 2.74. The molecule has 1 atom stereocenters. The molecule has 0 radical (unpaired) electrons. The van der Waals surface area contributed by atoms with Gasteiger partial charge in [0.1, 0.15) is 0 Å². The summed E-state index contributed by atoms with van der Waals surface area (Å²) in [6, 6.07) is 5.82. The molecule has 0 saturated heterocycles. The Morgan fingerprint density at radius 2 is 1.96 bits per heavy atom. The Labute approximate surface area is 184 Å². The number of hydrogen-bond donors (Lipinski definition) is 2. The molecule has 0 bridgehead atoms. The van der Waals surface area contributed by atoms with Gasteiger partial charge in [0.25, 0.3) is 0 Å². The standard InChI is InChI=1S/C19H30N6O2.HI/c1-7-20-19(23-15-8-9-17(26-5)18(10-15)27-6)21-12-16(24(2)3)14-11-22-25(4)13-14;/h8-11,13,16H,7,12H2,1-6H3,(H2,20,21,23);1H. The number of aliphatic imine (C=N–C) groups is 1. The third-order valence-corrected chi connectivity index (χ3v) is 4.15. The zero-order valence-electron chi connectivity index (χ0n) is 17.4. The summed E-state index contributed by atoms with van der Waals surface area (Å²) >= 11 is 0. The summed E-state index contributed by atoms with van der Waals surface area (Å²) in [4.78, 5) is 6.90. The van der Waals surface area contributed by atoms with E-state index in [-0.39, 0.29) is 30.0 Å². The lowest BCUT2D eigenvalue weighted by Crippen LogP contribution is -2.32. The number of methoxy groups -OCH3 is 2. The lowest BCUT2D eigenvalue weighted by atomic mass is 10.1. The van der Waals surface area contributed by atoms with Crippen LogP contribution in [0, 0.1) is 0 Å². The largest absolute Gasteiger partial charge is 0.493 e. The van der Waals surface area contributed by atoms with Gasteiger partial charge in [0.05, 0.1) is 33.0 Å². The first-order valence-corrected chi connectivity index (χ1v) is 8.90. The number of guanidine groups is 1. The van der Waals surface area contributed by atoms with Crippen LogP contribution in [0.1, 0.15) is 18.5 Å². The van der Waals surface area contributed by atoms with Gasteiger partial charge in [-0.05, 0) is 33.2 Å². The van der Waals surface area contributed by atoms with Crippen molar-refractivity contribution in [2.75, 3.05) is 46.7 Å². The van der Waals surface area contributed by atoms with Crippen LogP contribution in [0.5, 0.6) is 11.5 Å². The van der Waals surface area contributed by atoms with Gasteiger partial charge in [0.2, 0.25) is 0 Å². The number of anilines is 1. The number of nitrogens with zero attached hydrogens (tertiary/aromatic N) is 4. The van der Waals surface area contributed by atoms with E-state index < -0.39 is 0 Å². The molecule has 1 aromatic carbocycles. The summed E-state index contributed by atoms with van der Waals surface area (Å²) in [5, 5.41) is 10.9. The topological polar surface area (TPSA) is 75.9 Å². The van der Waals surface area contributed by atoms with E-state index in [0.29, 0.717) is 24.0 Å². The van der Waals surface area contributed by atoms with E-state index in [4.69, 9.17) is 14.5 Å². The Hall–Kier alpha value is -2.01. The van der Waals surface area contributed by atoms with Gasteiger partial charge in [-0.25, -0.2) is 0 Å². The van der Waals surface area contributed by atoms with Crippen LogP contribution in [0.4, 0.5) is 5.69 Å². The van der Waals surface area contributed by atoms with Crippen LogP contribution in [0.3, 0.4) is 0 Å². The van der Waals surface area contributed by atoms with Crippen molar-refractivity contribution in [2.45, 2.75) is 13.0 Å². The van der Waals surface area contributed by atoms with Crippen molar-refractivity contribution in [3.8, 4) is 11.5 Å². The second-order valence-corrected chi connectivity index (χ2v) is 6.34. The Bertz CT molecular complexity index is 763. The number of hydrogen-bond acceptors (Lipinski definition) is 5. The summed E-state index contributed by atoms with van der Waals surface area (Å²) in [6.45, 7) is 3.40. The molecule has 0 saturated carbocycles. The Kier molecular flexibility index (Phi) is 10.1. The minimum absolute atomic E-state index is 0. The highest BCUT2D eigenvalue weighted by atomic mass is 127. The van der Waals surface area contributed by atoms with Crippen LogP contribution in [0.25, 0.3) is 0 Å². The monoisotopic (exact) mass is 502 g/mol. The number of rotatable bonds is 8. The molecule has 1 heterocycles. The van der Waals surface area contributed by atoms with Gasteiger partial charge in [-0.3, -0.25) is 9.67 Å². The lowest BCUT2D eigenvalue weighted by molar-refractivity contribution is 0.306. The van der Waals surface area contributed by atoms with Crippen LogP contribution in [0.2, 0.25) is 0 Å². The molecule has 2 aromatic rings. The van der Waals surface area contributed by atoms with E-state index in [1.807, 2.05) is 63.3 Å². The minimum atomic E-state index is 0. The van der Waals surface area contributed by atoms with Crippen molar-refractivity contribution in [3.63, 3.8) is 0 Å². The first-order valence-electron chi connectivity index (χ1n) is 8.90. The zero-order valence-corrected chi connectivity index (χ0v) is 19.7. The minimum Gasteiger partial charge on any atom is -0.493 e. The maximum Gasteiger partial charge on any atom is 0.195 e. The normalized spacial score (nSPS) is 12.3. The second-order valence-electron chi connectivity index (χ2n) is 6.34. The Balaban J connectivity index is 0.00000392. The molecular weight excluding hydrogens is 471 g/mol. The van der Waals surface area contributed by atoms with E-state index >= 15 is 0 Å². The number of nitrogens with one attached hydrogen (secondary N) is 2. The highest BCUT2D eigenvalue weighted by molar-refractivity contribution is 14.0. The van der Waals surface area contributed by atoms with Crippen molar-refractivity contribution in [3.05, 3.63) is 36.2 Å². The van der Waals surface area contributed by atoms with Gasteiger partial charge in [-0.1, -0.05) is 0 Å². The highest BCUT2D eigenvalue weighted by Gasteiger charge is 2.16. The third-order valence-electron chi connectivity index (χ3n) is 4.15. The SMILES string of the molecule is CCNC(=NCC(c1cnn(C)c1)N(C)C)Nc1ccc(OC)c(OC)c1.I. The number of benzene rings is 1. The molecule has 0 aliphatic rings. The molecule has 2 N–H and O–H groups in total. The number of halogens is 1. The molecule has 156 valence electrons. The Morgan fingerprint density at radius 3 is 2.50 bits per heavy atom. The van der Waals surface area contributed by atoms with Gasteiger partial charge in [0.15, 0.2) is 17.5 Å². The molecule has 1 unspecified atom stereocenters. The summed E-state index contributed by atoms with van der Waals surface area (Å²) < 4.78 is 12.5. The van der Waals surface area contributed by atoms with Crippen molar-refractivity contribution < 1.29 is 9.47 Å². The first kappa shape index (κ1) is 24.0. The lowest BCUT2D eigenvalue weighted by Gasteiger charge is -2.22. The number of aryl methyl sites for hydroxylation is 1. The first-order chi connectivity index (χ1) is 13.0. The number of likely N-dealkylation sites (N-methyl/N-ethyl adjacent to an activating group) is 1. The van der Waals surface area contributed by atoms with Crippen LogP contribution in [-0.2, 0) is 7.05 Å². The fourth-order valence-corrected chi connectivity index (χ4v) is 2.71. The molecule has 9 heteroatoms. The Morgan fingerprint density at radius 1 is 1.25 bits per heavy atom. The van der Waals surface area contributed by atoms with E-state index in [9.17, 15) is 0 Å². The summed E-state index contributed by atoms with van der Waals surface area (Å²) in [6.07, 6.45) is 3.91. The average Bonchev–Trinajstić information content (AvgIpc) is 3.07. The molecule has 0 spiro atoms. The summed E-state index contributed by atoms with van der Waals surface area (Å²) in [5.41, 5.74) is 2.00. The van der Waals surface area contributed by atoms with Crippen molar-refractivity contribution in [1.82, 2.24) is 20.0 Å². The van der Waals surface area contributed by atoms with Crippen molar-refractivity contribution in [2.24, 2.45) is 12.0 Å². The fourth-order valence-electron chi connectivity index (χ4n) is 2.71. The molecule has 1 aromatic heterocycles. The number of ether oxygens (including phenoxy) is 2. The van der Waals surface area contributed by atoms with Crippen LogP contribution >= 0.6 is 24.0 Å². The van der Waals surface area contributed by atoms with Crippen LogP contribution in [-0.4, -0.2) is 62.0 Å². The van der Waals surface area contributed by atoms with Gasteiger partial charge in [-0.15, -0.1) is 24.0 Å². The van der Waals surface area contributed by atoms with Gasteiger partial charge in [-0.2, -0.15) is 5.10 Å². The molecule has 0 aliphatic carbocycles. The maximum atomic E-state index is 5.37. The molecule has 8 nitrogen and oxygen atoms in total. The van der Waals surface area contributed by atoms with Crippen LogP contribution in [0.15, 0.2) is 35.6 Å². The fraction of sp³-hybridized carbons (Fsp3) is 0.474. The van der Waals surface area contributed by atoms with Crippen molar-refractivity contribution in [1.29, 1.82) is 0 Å².